The highest BCUT2D eigenvalue weighted by Gasteiger charge is 2.33. The Labute approximate surface area is 227 Å². The zero-order chi connectivity index (χ0) is 27.7. The van der Waals surface area contributed by atoms with Crippen LogP contribution in [-0.4, -0.2) is 69.6 Å². The van der Waals surface area contributed by atoms with Crippen LogP contribution in [-0.2, 0) is 14.8 Å². The maximum absolute atomic E-state index is 13.7. The zero-order valence-electron chi connectivity index (χ0n) is 21.8. The van der Waals surface area contributed by atoms with Gasteiger partial charge in [-0.2, -0.15) is 4.31 Å². The van der Waals surface area contributed by atoms with Crippen LogP contribution in [0.25, 0.3) is 0 Å². The summed E-state index contributed by atoms with van der Waals surface area (Å²) in [5.41, 5.74) is 1.74. The van der Waals surface area contributed by atoms with Gasteiger partial charge in [-0.15, -0.1) is 0 Å². The quantitative estimate of drug-likeness (QED) is 0.376. The van der Waals surface area contributed by atoms with E-state index < -0.39 is 21.7 Å². The molecule has 0 spiro atoms. The minimum atomic E-state index is -3.80. The van der Waals surface area contributed by atoms with Gasteiger partial charge in [0.05, 0.1) is 35.0 Å². The van der Waals surface area contributed by atoms with Crippen molar-refractivity contribution in [1.82, 2.24) is 4.31 Å². The number of carbonyl (C=O) groups excluding carboxylic acids is 3. The lowest BCUT2D eigenvalue weighted by Gasteiger charge is -2.31. The van der Waals surface area contributed by atoms with Gasteiger partial charge in [-0.3, -0.25) is 14.4 Å². The topological polar surface area (TPSA) is 113 Å². The molecule has 1 saturated heterocycles. The molecule has 3 aromatic carbocycles. The number of nitrogens with one attached hydrogen (secondary N) is 1. The van der Waals surface area contributed by atoms with Crippen LogP contribution in [0.3, 0.4) is 0 Å². The summed E-state index contributed by atoms with van der Waals surface area (Å²) in [6.07, 6.45) is 0. The Morgan fingerprint density at radius 1 is 0.897 bits per heavy atom. The maximum atomic E-state index is 13.7. The summed E-state index contributed by atoms with van der Waals surface area (Å²) < 4.78 is 33.4. The van der Waals surface area contributed by atoms with E-state index in [1.54, 1.807) is 56.3 Å². The third-order valence-corrected chi connectivity index (χ3v) is 9.15. The lowest BCUT2D eigenvalue weighted by Crippen LogP contribution is -2.37. The molecule has 2 aliphatic rings. The molecule has 1 aliphatic heterocycles. The Hall–Kier alpha value is -3.86. The van der Waals surface area contributed by atoms with Gasteiger partial charge in [0.25, 0.3) is 5.91 Å². The number of amides is 1. The number of carbonyl (C=O) groups is 3. The van der Waals surface area contributed by atoms with E-state index in [1.165, 1.54) is 22.5 Å². The molecule has 0 aromatic heterocycles. The molecule has 1 aliphatic carbocycles. The minimum absolute atomic E-state index is 0.0403. The van der Waals surface area contributed by atoms with Crippen molar-refractivity contribution in [3.05, 3.63) is 88.5 Å². The first kappa shape index (κ1) is 26.7. The lowest BCUT2D eigenvalue weighted by molar-refractivity contribution is 0.0969. The number of fused-ring (bicyclic) bond motifs is 2. The summed E-state index contributed by atoms with van der Waals surface area (Å²) in [6, 6.07) is 15.8. The molecule has 1 heterocycles. The van der Waals surface area contributed by atoms with Crippen LogP contribution in [0.5, 0.6) is 0 Å². The molecule has 0 atom stereocenters. The van der Waals surface area contributed by atoms with E-state index in [4.69, 9.17) is 4.74 Å². The van der Waals surface area contributed by atoms with Crippen molar-refractivity contribution < 1.29 is 27.5 Å². The molecule has 0 radical (unpaired) electrons. The van der Waals surface area contributed by atoms with Crippen molar-refractivity contribution in [2.75, 3.05) is 49.6 Å². The molecule has 10 heteroatoms. The van der Waals surface area contributed by atoms with E-state index in [0.29, 0.717) is 56.3 Å². The SMILES string of the molecule is CCN(CC)S(=O)(=O)c1ccc(N2CCOCC2)c(NC(=O)c2cccc3c2C(=O)c2ccccc2C3=O)c1. The first-order valence-corrected chi connectivity index (χ1v) is 14.3. The highest BCUT2D eigenvalue weighted by Crippen LogP contribution is 2.33. The molecule has 39 heavy (non-hydrogen) atoms. The van der Waals surface area contributed by atoms with Gasteiger partial charge in [0.15, 0.2) is 11.6 Å². The Morgan fingerprint density at radius 2 is 1.54 bits per heavy atom. The maximum Gasteiger partial charge on any atom is 0.256 e. The highest BCUT2D eigenvalue weighted by atomic mass is 32.2. The minimum Gasteiger partial charge on any atom is -0.378 e. The summed E-state index contributed by atoms with van der Waals surface area (Å²) in [6.45, 7) is 6.26. The van der Waals surface area contributed by atoms with Crippen molar-refractivity contribution >= 4 is 38.9 Å². The van der Waals surface area contributed by atoms with E-state index in [9.17, 15) is 22.8 Å². The van der Waals surface area contributed by atoms with Gasteiger partial charge in [0, 0.05) is 48.4 Å². The molecule has 1 N–H and O–H groups in total. The van der Waals surface area contributed by atoms with Gasteiger partial charge in [0.1, 0.15) is 0 Å². The molecule has 0 unspecified atom stereocenters. The van der Waals surface area contributed by atoms with Gasteiger partial charge in [-0.1, -0.05) is 50.2 Å². The second-order valence-corrected chi connectivity index (χ2v) is 11.2. The number of ether oxygens (including phenoxy) is 1. The van der Waals surface area contributed by atoms with Crippen molar-refractivity contribution in [3.8, 4) is 0 Å². The monoisotopic (exact) mass is 547 g/mol. The molecule has 1 amide bonds. The molecule has 3 aromatic rings. The number of rotatable bonds is 7. The first-order valence-electron chi connectivity index (χ1n) is 12.9. The number of hydrogen-bond donors (Lipinski definition) is 1. The fourth-order valence-corrected chi connectivity index (χ4v) is 6.58. The fourth-order valence-electron chi connectivity index (χ4n) is 5.09. The first-order chi connectivity index (χ1) is 18.8. The summed E-state index contributed by atoms with van der Waals surface area (Å²) in [4.78, 5) is 42.4. The predicted molar refractivity (Wildman–Crippen MR) is 147 cm³/mol. The number of hydrogen-bond acceptors (Lipinski definition) is 7. The zero-order valence-corrected chi connectivity index (χ0v) is 22.6. The summed E-state index contributed by atoms with van der Waals surface area (Å²) in [7, 11) is -3.80. The Kier molecular flexibility index (Phi) is 7.35. The number of morpholine rings is 1. The summed E-state index contributed by atoms with van der Waals surface area (Å²) in [5, 5.41) is 2.85. The van der Waals surface area contributed by atoms with Crippen LogP contribution in [0.4, 0.5) is 11.4 Å². The Morgan fingerprint density at radius 3 is 2.21 bits per heavy atom. The Balaban J connectivity index is 1.57. The van der Waals surface area contributed by atoms with Gasteiger partial charge in [-0.25, -0.2) is 8.42 Å². The average molecular weight is 548 g/mol. The average Bonchev–Trinajstić information content (AvgIpc) is 2.96. The molecule has 1 fully saturated rings. The van der Waals surface area contributed by atoms with Crippen LogP contribution >= 0.6 is 0 Å². The lowest BCUT2D eigenvalue weighted by atomic mass is 9.81. The van der Waals surface area contributed by atoms with Crippen LogP contribution in [0, 0.1) is 0 Å². The molecule has 0 saturated carbocycles. The molecule has 9 nitrogen and oxygen atoms in total. The summed E-state index contributed by atoms with van der Waals surface area (Å²) in [5.74, 6) is -1.34. The smallest absolute Gasteiger partial charge is 0.256 e. The van der Waals surface area contributed by atoms with Crippen molar-refractivity contribution in [2.24, 2.45) is 0 Å². The van der Waals surface area contributed by atoms with E-state index >= 15 is 0 Å². The van der Waals surface area contributed by atoms with E-state index in [-0.39, 0.29) is 32.9 Å². The number of anilines is 2. The number of benzene rings is 3. The highest BCUT2D eigenvalue weighted by molar-refractivity contribution is 7.89. The third-order valence-electron chi connectivity index (χ3n) is 7.11. The molecular formula is C29H29N3O6S. The van der Waals surface area contributed by atoms with E-state index in [1.807, 2.05) is 4.90 Å². The van der Waals surface area contributed by atoms with E-state index in [2.05, 4.69) is 5.32 Å². The second kappa shape index (κ2) is 10.7. The predicted octanol–water partition coefficient (Wildman–Crippen LogP) is 3.58. The van der Waals surface area contributed by atoms with Gasteiger partial charge in [-0.05, 0) is 24.3 Å². The van der Waals surface area contributed by atoms with Crippen LogP contribution < -0.4 is 10.2 Å². The largest absolute Gasteiger partial charge is 0.378 e. The van der Waals surface area contributed by atoms with Gasteiger partial charge < -0.3 is 15.0 Å². The van der Waals surface area contributed by atoms with Gasteiger partial charge >= 0.3 is 0 Å². The summed E-state index contributed by atoms with van der Waals surface area (Å²) >= 11 is 0. The second-order valence-electron chi connectivity index (χ2n) is 9.25. The van der Waals surface area contributed by atoms with Crippen molar-refractivity contribution in [3.63, 3.8) is 0 Å². The van der Waals surface area contributed by atoms with Gasteiger partial charge in [0.2, 0.25) is 10.0 Å². The van der Waals surface area contributed by atoms with E-state index in [0.717, 1.165) is 0 Å². The molecule has 5 rings (SSSR count). The van der Waals surface area contributed by atoms with Crippen LogP contribution in [0.1, 0.15) is 56.0 Å². The third kappa shape index (κ3) is 4.75. The van der Waals surface area contributed by atoms with Crippen LogP contribution in [0.15, 0.2) is 65.6 Å². The van der Waals surface area contributed by atoms with Crippen LogP contribution in [0.2, 0.25) is 0 Å². The number of sulfonamides is 1. The standard InChI is InChI=1S/C29H29N3O6S/c1-3-32(4-2)39(36,37)19-12-13-25(31-14-16-38-17-15-31)24(18-19)30-29(35)23-11-7-10-22-26(23)28(34)21-9-6-5-8-20(21)27(22)33/h5-13,18H,3-4,14-17H2,1-2H3,(H,30,35). The normalized spacial score (nSPS) is 15.2. The molecule has 202 valence electrons. The Bertz CT molecular complexity index is 1570. The number of nitrogens with zero attached hydrogens (tertiary/aromatic N) is 2. The van der Waals surface area contributed by atoms with Crippen molar-refractivity contribution in [2.45, 2.75) is 18.7 Å². The molecule has 0 bridgehead atoms. The number of ketones is 2. The molecular weight excluding hydrogens is 518 g/mol. The fraction of sp³-hybridized carbons (Fsp3) is 0.276. The van der Waals surface area contributed by atoms with Crippen molar-refractivity contribution in [1.29, 1.82) is 0 Å².